The Kier molecular flexibility index (Phi) is 7.01. The molecular formula is C30H38ClN3O3. The summed E-state index contributed by atoms with van der Waals surface area (Å²) >= 11 is 6.49. The average molecular weight is 524 g/mol. The highest BCUT2D eigenvalue weighted by Crippen LogP contribution is 2.66. The van der Waals surface area contributed by atoms with Gasteiger partial charge in [0, 0.05) is 38.4 Å². The highest BCUT2D eigenvalue weighted by atomic mass is 35.5. The van der Waals surface area contributed by atoms with Crippen LogP contribution in [0.3, 0.4) is 0 Å². The van der Waals surface area contributed by atoms with Crippen LogP contribution < -0.4 is 10.2 Å². The van der Waals surface area contributed by atoms with Crippen molar-refractivity contribution in [3.8, 4) is 0 Å². The summed E-state index contributed by atoms with van der Waals surface area (Å²) in [6.07, 6.45) is 5.28. The number of aliphatic hydroxyl groups is 1. The van der Waals surface area contributed by atoms with Crippen molar-refractivity contribution in [1.29, 1.82) is 0 Å². The van der Waals surface area contributed by atoms with Crippen molar-refractivity contribution in [3.05, 3.63) is 64.7 Å². The van der Waals surface area contributed by atoms with E-state index >= 15 is 0 Å². The second-order valence-corrected chi connectivity index (χ2v) is 11.9. The number of hydrogen-bond acceptors (Lipinski definition) is 4. The Labute approximate surface area is 225 Å². The Hall–Kier alpha value is -2.57. The number of piperidine rings is 1. The second kappa shape index (κ2) is 9.95. The predicted molar refractivity (Wildman–Crippen MR) is 147 cm³/mol. The summed E-state index contributed by atoms with van der Waals surface area (Å²) in [4.78, 5) is 29.5. The maximum atomic E-state index is 13.0. The summed E-state index contributed by atoms with van der Waals surface area (Å²) in [5, 5.41) is 14.4. The van der Waals surface area contributed by atoms with Crippen LogP contribution in [0.2, 0.25) is 5.02 Å². The van der Waals surface area contributed by atoms with Crippen molar-refractivity contribution in [3.63, 3.8) is 0 Å². The summed E-state index contributed by atoms with van der Waals surface area (Å²) in [5.41, 5.74) is 1.04. The number of hydrogen-bond donors (Lipinski definition) is 2. The summed E-state index contributed by atoms with van der Waals surface area (Å²) < 4.78 is 0. The fourth-order valence-corrected chi connectivity index (χ4v) is 6.68. The average Bonchev–Trinajstić information content (AvgIpc) is 3.81. The van der Waals surface area contributed by atoms with Crippen LogP contribution in [0.15, 0.2) is 48.5 Å². The molecule has 1 saturated heterocycles. The first kappa shape index (κ1) is 26.1. The van der Waals surface area contributed by atoms with Gasteiger partial charge in [0.1, 0.15) is 0 Å². The Morgan fingerprint density at radius 2 is 1.84 bits per heavy atom. The summed E-state index contributed by atoms with van der Waals surface area (Å²) in [6.45, 7) is 6.48. The van der Waals surface area contributed by atoms with Crippen LogP contribution in [0, 0.1) is 17.3 Å². The summed E-state index contributed by atoms with van der Waals surface area (Å²) in [6, 6.07) is 15.2. The van der Waals surface area contributed by atoms with Gasteiger partial charge in [0.2, 0.25) is 0 Å². The van der Waals surface area contributed by atoms with Crippen LogP contribution in [0.1, 0.15) is 61.9 Å². The lowest BCUT2D eigenvalue weighted by Crippen LogP contribution is -2.43. The van der Waals surface area contributed by atoms with E-state index < -0.39 is 5.60 Å². The first-order valence-corrected chi connectivity index (χ1v) is 13.9. The van der Waals surface area contributed by atoms with Crippen molar-refractivity contribution in [2.24, 2.45) is 17.3 Å². The highest BCUT2D eigenvalue weighted by molar-refractivity contribution is 6.34. The molecule has 2 aliphatic carbocycles. The van der Waals surface area contributed by atoms with E-state index in [1.54, 1.807) is 31.0 Å². The monoisotopic (exact) mass is 523 g/mol. The number of nitrogens with one attached hydrogen (secondary N) is 1. The lowest BCUT2D eigenvalue weighted by Gasteiger charge is -2.35. The van der Waals surface area contributed by atoms with E-state index in [-0.39, 0.29) is 11.8 Å². The lowest BCUT2D eigenvalue weighted by molar-refractivity contribution is -0.149. The van der Waals surface area contributed by atoms with Gasteiger partial charge in [0.05, 0.1) is 10.6 Å². The van der Waals surface area contributed by atoms with Crippen LogP contribution in [0.25, 0.3) is 0 Å². The Balaban J connectivity index is 1.14. The van der Waals surface area contributed by atoms with Crippen molar-refractivity contribution in [2.45, 2.75) is 57.6 Å². The summed E-state index contributed by atoms with van der Waals surface area (Å²) in [7, 11) is 1.79. The molecule has 6 nitrogen and oxygen atoms in total. The summed E-state index contributed by atoms with van der Waals surface area (Å²) in [5.74, 6) is 0.871. The molecule has 0 radical (unpaired) electrons. The minimum atomic E-state index is -1.52. The van der Waals surface area contributed by atoms with Crippen LogP contribution in [0.4, 0.5) is 5.69 Å². The Morgan fingerprint density at radius 3 is 2.46 bits per heavy atom. The Bertz CT molecular complexity index is 1160. The van der Waals surface area contributed by atoms with Gasteiger partial charge in [-0.2, -0.15) is 0 Å². The molecule has 3 aliphatic rings. The third kappa shape index (κ3) is 5.10. The zero-order valence-corrected chi connectivity index (χ0v) is 22.8. The van der Waals surface area contributed by atoms with E-state index in [0.29, 0.717) is 46.0 Å². The molecule has 2 N–H and O–H groups in total. The highest BCUT2D eigenvalue weighted by Gasteiger charge is 2.61. The number of carbonyl (C=O) groups excluding carboxylic acids is 2. The van der Waals surface area contributed by atoms with E-state index in [2.05, 4.69) is 17.1 Å². The number of likely N-dealkylation sites (N-methyl/N-ethyl adjacent to an activating group) is 1. The number of amides is 2. The SMILES string of the molecule is C[C@H]1C(CCN(C)C(=O)[C@](C)(O)c2ccccc2)C12CCN(c1ccc(C(=O)NC3CC3)c(Cl)c1)CC2. The fourth-order valence-electron chi connectivity index (χ4n) is 6.41. The van der Waals surface area contributed by atoms with Crippen molar-refractivity contribution < 1.29 is 14.7 Å². The molecule has 198 valence electrons. The molecule has 0 aromatic heterocycles. The number of rotatable bonds is 8. The van der Waals surface area contributed by atoms with Crippen molar-refractivity contribution >= 4 is 29.1 Å². The minimum Gasteiger partial charge on any atom is -0.376 e. The standard InChI is InChI=1S/C30H38ClN3O3/c1-20-25(13-16-33(3)28(36)29(2,37)21-7-5-4-6-8-21)30(20)14-17-34(18-15-30)23-11-12-24(26(31)19-23)27(35)32-22-9-10-22/h4-8,11-12,19-20,22,25,37H,9-10,13-18H2,1-3H3,(H,32,35)/t20-,25?,29+/m0/s1. The van der Waals surface area contributed by atoms with Gasteiger partial charge in [-0.05, 0) is 80.0 Å². The van der Waals surface area contributed by atoms with E-state index in [4.69, 9.17) is 11.6 Å². The molecule has 0 bridgehead atoms. The molecule has 3 atom stereocenters. The molecule has 1 aliphatic heterocycles. The zero-order valence-electron chi connectivity index (χ0n) is 22.0. The molecule has 2 aromatic rings. The van der Waals surface area contributed by atoms with Crippen molar-refractivity contribution in [2.75, 3.05) is 31.6 Å². The van der Waals surface area contributed by atoms with Crippen LogP contribution >= 0.6 is 11.6 Å². The normalized spacial score (nSPS) is 23.9. The van der Waals surface area contributed by atoms with Crippen molar-refractivity contribution in [1.82, 2.24) is 10.2 Å². The third-order valence-corrected chi connectivity index (χ3v) is 9.50. The molecule has 2 amide bonds. The van der Waals surface area contributed by atoms with Gasteiger partial charge < -0.3 is 20.2 Å². The van der Waals surface area contributed by atoms with Gasteiger partial charge in [-0.25, -0.2) is 0 Å². The van der Waals surface area contributed by atoms with Gasteiger partial charge in [0.25, 0.3) is 11.8 Å². The van der Waals surface area contributed by atoms with E-state index in [9.17, 15) is 14.7 Å². The van der Waals surface area contributed by atoms with E-state index in [1.165, 1.54) is 0 Å². The molecule has 1 spiro atoms. The smallest absolute Gasteiger partial charge is 0.258 e. The van der Waals surface area contributed by atoms with Crippen LogP contribution in [-0.4, -0.2) is 54.5 Å². The molecule has 7 heteroatoms. The quantitative estimate of drug-likeness (QED) is 0.519. The number of halogens is 1. The molecule has 37 heavy (non-hydrogen) atoms. The lowest BCUT2D eigenvalue weighted by atomic mass is 9.88. The third-order valence-electron chi connectivity index (χ3n) is 9.18. The molecular weight excluding hydrogens is 486 g/mol. The first-order valence-electron chi connectivity index (χ1n) is 13.5. The molecule has 1 heterocycles. The van der Waals surface area contributed by atoms with Crippen LogP contribution in [0.5, 0.6) is 0 Å². The molecule has 3 fully saturated rings. The molecule has 5 rings (SSSR count). The molecule has 2 saturated carbocycles. The first-order chi connectivity index (χ1) is 17.6. The Morgan fingerprint density at radius 1 is 1.16 bits per heavy atom. The van der Waals surface area contributed by atoms with Crippen LogP contribution in [-0.2, 0) is 10.4 Å². The van der Waals surface area contributed by atoms with Gasteiger partial charge in [-0.15, -0.1) is 0 Å². The maximum absolute atomic E-state index is 13.0. The van der Waals surface area contributed by atoms with Gasteiger partial charge in [-0.3, -0.25) is 9.59 Å². The van der Waals surface area contributed by atoms with E-state index in [0.717, 1.165) is 50.9 Å². The van der Waals surface area contributed by atoms with Gasteiger partial charge in [0.15, 0.2) is 5.60 Å². The molecule has 1 unspecified atom stereocenters. The molecule has 2 aromatic carbocycles. The zero-order chi connectivity index (χ0) is 26.4. The predicted octanol–water partition coefficient (Wildman–Crippen LogP) is 4.84. The van der Waals surface area contributed by atoms with E-state index in [1.807, 2.05) is 36.4 Å². The number of benzene rings is 2. The minimum absolute atomic E-state index is 0.0833. The topological polar surface area (TPSA) is 72.9 Å². The van der Waals surface area contributed by atoms with Gasteiger partial charge >= 0.3 is 0 Å². The van der Waals surface area contributed by atoms with Gasteiger partial charge in [-0.1, -0.05) is 48.9 Å². The largest absolute Gasteiger partial charge is 0.376 e. The number of nitrogens with zero attached hydrogens (tertiary/aromatic N) is 2. The maximum Gasteiger partial charge on any atom is 0.258 e. The number of carbonyl (C=O) groups is 2. The fraction of sp³-hybridized carbons (Fsp3) is 0.533. The number of anilines is 1. The second-order valence-electron chi connectivity index (χ2n) is 11.5.